The van der Waals surface area contributed by atoms with Crippen molar-refractivity contribution in [2.75, 3.05) is 6.61 Å². The van der Waals surface area contributed by atoms with Gasteiger partial charge in [0.1, 0.15) is 6.04 Å². The molecule has 1 heterocycles. The number of nitrogens with one attached hydrogen (secondary N) is 1. The van der Waals surface area contributed by atoms with E-state index < -0.39 is 6.04 Å². The van der Waals surface area contributed by atoms with Crippen LogP contribution in [-0.2, 0) is 15.4 Å². The zero-order valence-electron chi connectivity index (χ0n) is 9.11. The predicted octanol–water partition coefficient (Wildman–Crippen LogP) is 1.47. The topological polar surface area (TPSA) is 55.4 Å². The van der Waals surface area contributed by atoms with Crippen LogP contribution in [0.5, 0.6) is 0 Å². The van der Waals surface area contributed by atoms with E-state index in [2.05, 4.69) is 5.32 Å². The van der Waals surface area contributed by atoms with Gasteiger partial charge in [-0.25, -0.2) is 4.79 Å². The number of hydrogen-bond acceptors (Lipinski definition) is 3. The molecule has 0 bridgehead atoms. The lowest BCUT2D eigenvalue weighted by atomic mass is 10.1. The van der Waals surface area contributed by atoms with Crippen LogP contribution in [0.4, 0.5) is 0 Å². The summed E-state index contributed by atoms with van der Waals surface area (Å²) < 4.78 is 4.77. The van der Waals surface area contributed by atoms with Crippen molar-refractivity contribution in [3.05, 3.63) is 35.4 Å². The fraction of sp³-hybridized carbons (Fsp3) is 0.333. The first-order valence-corrected chi connectivity index (χ1v) is 5.86. The molecule has 0 saturated carbocycles. The number of hydrogen-bond donors (Lipinski definition) is 1. The number of carbonyl (C=O) groups excluding carboxylic acids is 2. The number of carbonyl (C=O) groups is 2. The highest BCUT2D eigenvalue weighted by atomic mass is 35.5. The van der Waals surface area contributed by atoms with Crippen LogP contribution < -0.4 is 5.32 Å². The summed E-state index contributed by atoms with van der Waals surface area (Å²) >= 11 is 5.69. The smallest absolute Gasteiger partial charge is 0.328 e. The first-order chi connectivity index (χ1) is 8.20. The number of ether oxygens (including phenoxy) is 1. The molecule has 1 N–H and O–H groups in total. The SMILES string of the molecule is O=C(NC1CCOC1=O)c1cccc(CCl)c1. The van der Waals surface area contributed by atoms with Gasteiger partial charge >= 0.3 is 5.97 Å². The molecular formula is C12H12ClNO3. The molecule has 90 valence electrons. The highest BCUT2D eigenvalue weighted by Crippen LogP contribution is 2.10. The maximum absolute atomic E-state index is 11.9. The van der Waals surface area contributed by atoms with Gasteiger partial charge in [0.15, 0.2) is 0 Å². The summed E-state index contributed by atoms with van der Waals surface area (Å²) in [7, 11) is 0. The average molecular weight is 254 g/mol. The van der Waals surface area contributed by atoms with Gasteiger partial charge < -0.3 is 10.1 Å². The molecule has 0 aromatic heterocycles. The Morgan fingerprint density at radius 3 is 3.00 bits per heavy atom. The second-order valence-corrected chi connectivity index (χ2v) is 4.08. The van der Waals surface area contributed by atoms with Gasteiger partial charge in [-0.1, -0.05) is 12.1 Å². The summed E-state index contributed by atoms with van der Waals surface area (Å²) in [6.07, 6.45) is 0.528. The highest BCUT2D eigenvalue weighted by molar-refractivity contribution is 6.17. The molecule has 1 amide bonds. The molecule has 1 atom stereocenters. The van der Waals surface area contributed by atoms with E-state index in [9.17, 15) is 9.59 Å². The van der Waals surface area contributed by atoms with Gasteiger partial charge in [0.2, 0.25) is 0 Å². The van der Waals surface area contributed by atoms with Crippen molar-refractivity contribution in [1.29, 1.82) is 0 Å². The summed E-state index contributed by atoms with van der Waals surface area (Å²) in [5, 5.41) is 2.64. The van der Waals surface area contributed by atoms with E-state index in [1.54, 1.807) is 18.2 Å². The molecule has 1 fully saturated rings. The Morgan fingerprint density at radius 1 is 1.53 bits per heavy atom. The Bertz CT molecular complexity index is 447. The summed E-state index contributed by atoms with van der Waals surface area (Å²) in [5.41, 5.74) is 1.37. The minimum absolute atomic E-state index is 0.277. The second-order valence-electron chi connectivity index (χ2n) is 3.82. The molecule has 17 heavy (non-hydrogen) atoms. The van der Waals surface area contributed by atoms with Gasteiger partial charge in [-0.3, -0.25) is 4.79 Å². The standard InChI is InChI=1S/C12H12ClNO3/c13-7-8-2-1-3-9(6-8)11(15)14-10-4-5-17-12(10)16/h1-3,6,10H,4-5,7H2,(H,14,15). The number of amides is 1. The van der Waals surface area contributed by atoms with Gasteiger partial charge in [0.05, 0.1) is 6.61 Å². The molecule has 0 spiro atoms. The van der Waals surface area contributed by atoms with Gasteiger partial charge in [-0.15, -0.1) is 11.6 Å². The molecule has 0 radical (unpaired) electrons. The van der Waals surface area contributed by atoms with Gasteiger partial charge in [0, 0.05) is 17.9 Å². The minimum atomic E-state index is -0.526. The van der Waals surface area contributed by atoms with Crippen LogP contribution in [-0.4, -0.2) is 24.5 Å². The third-order valence-electron chi connectivity index (χ3n) is 2.58. The lowest BCUT2D eigenvalue weighted by Crippen LogP contribution is -2.37. The van der Waals surface area contributed by atoms with Crippen molar-refractivity contribution in [3.8, 4) is 0 Å². The number of alkyl halides is 1. The molecular weight excluding hydrogens is 242 g/mol. The third-order valence-corrected chi connectivity index (χ3v) is 2.89. The van der Waals surface area contributed by atoms with E-state index in [4.69, 9.17) is 16.3 Å². The van der Waals surface area contributed by atoms with Crippen LogP contribution in [0.15, 0.2) is 24.3 Å². The first-order valence-electron chi connectivity index (χ1n) is 5.33. The van der Waals surface area contributed by atoms with Gasteiger partial charge in [-0.2, -0.15) is 0 Å². The Morgan fingerprint density at radius 2 is 2.35 bits per heavy atom. The second kappa shape index (κ2) is 5.19. The van der Waals surface area contributed by atoms with Crippen molar-refractivity contribution < 1.29 is 14.3 Å². The molecule has 4 nitrogen and oxygen atoms in total. The molecule has 1 aromatic rings. The van der Waals surface area contributed by atoms with Crippen molar-refractivity contribution in [2.45, 2.75) is 18.3 Å². The Labute approximate surface area is 104 Å². The largest absolute Gasteiger partial charge is 0.464 e. The fourth-order valence-corrected chi connectivity index (χ4v) is 1.83. The van der Waals surface area contributed by atoms with Crippen molar-refractivity contribution in [1.82, 2.24) is 5.32 Å². The number of cyclic esters (lactones) is 1. The van der Waals surface area contributed by atoms with Crippen LogP contribution in [0.1, 0.15) is 22.3 Å². The summed E-state index contributed by atoms with van der Waals surface area (Å²) in [5.74, 6) is -0.292. The van der Waals surface area contributed by atoms with Gasteiger partial charge in [0.25, 0.3) is 5.91 Å². The molecule has 1 saturated heterocycles. The van der Waals surface area contributed by atoms with Crippen molar-refractivity contribution in [2.24, 2.45) is 0 Å². The summed E-state index contributed by atoms with van der Waals surface area (Å²) in [6.45, 7) is 0.367. The number of rotatable bonds is 3. The van der Waals surface area contributed by atoms with E-state index in [0.29, 0.717) is 24.5 Å². The highest BCUT2D eigenvalue weighted by Gasteiger charge is 2.28. The Kier molecular flexibility index (Phi) is 3.64. The molecule has 1 aliphatic rings. The average Bonchev–Trinajstić information content (AvgIpc) is 2.75. The predicted molar refractivity (Wildman–Crippen MR) is 62.8 cm³/mol. The Balaban J connectivity index is 2.06. The molecule has 1 aliphatic heterocycles. The maximum atomic E-state index is 11.9. The van der Waals surface area contributed by atoms with Crippen LogP contribution in [0.25, 0.3) is 0 Å². The zero-order chi connectivity index (χ0) is 12.3. The van der Waals surface area contributed by atoms with E-state index in [0.717, 1.165) is 5.56 Å². The first kappa shape index (κ1) is 11.9. The summed E-state index contributed by atoms with van der Waals surface area (Å²) in [4.78, 5) is 23.1. The lowest BCUT2D eigenvalue weighted by Gasteiger charge is -2.09. The lowest BCUT2D eigenvalue weighted by molar-refractivity contribution is -0.139. The van der Waals surface area contributed by atoms with E-state index >= 15 is 0 Å². The van der Waals surface area contributed by atoms with Crippen molar-refractivity contribution in [3.63, 3.8) is 0 Å². The zero-order valence-corrected chi connectivity index (χ0v) is 9.87. The Hall–Kier alpha value is -1.55. The van der Waals surface area contributed by atoms with E-state index in [1.807, 2.05) is 6.07 Å². The van der Waals surface area contributed by atoms with Crippen LogP contribution in [0, 0.1) is 0 Å². The minimum Gasteiger partial charge on any atom is -0.464 e. The van der Waals surface area contributed by atoms with Crippen LogP contribution >= 0.6 is 11.6 Å². The number of esters is 1. The number of halogens is 1. The van der Waals surface area contributed by atoms with Crippen LogP contribution in [0.2, 0.25) is 0 Å². The monoisotopic (exact) mass is 253 g/mol. The van der Waals surface area contributed by atoms with E-state index in [-0.39, 0.29) is 11.9 Å². The van der Waals surface area contributed by atoms with Gasteiger partial charge in [-0.05, 0) is 17.7 Å². The fourth-order valence-electron chi connectivity index (χ4n) is 1.66. The molecule has 1 aromatic carbocycles. The molecule has 1 unspecified atom stereocenters. The molecule has 5 heteroatoms. The molecule has 0 aliphatic carbocycles. The maximum Gasteiger partial charge on any atom is 0.328 e. The summed E-state index contributed by atoms with van der Waals surface area (Å²) in [6, 6.07) is 6.48. The van der Waals surface area contributed by atoms with Crippen LogP contribution in [0.3, 0.4) is 0 Å². The van der Waals surface area contributed by atoms with E-state index in [1.165, 1.54) is 0 Å². The molecule has 2 rings (SSSR count). The quantitative estimate of drug-likeness (QED) is 0.656. The normalized spacial score (nSPS) is 18.9. The third kappa shape index (κ3) is 2.77. The van der Waals surface area contributed by atoms with Crippen molar-refractivity contribution >= 4 is 23.5 Å². The number of benzene rings is 1.